The van der Waals surface area contributed by atoms with Gasteiger partial charge in [0, 0.05) is 19.1 Å². The molecule has 0 saturated carbocycles. The molecule has 1 saturated heterocycles. The molecule has 2 rings (SSSR count). The van der Waals surface area contributed by atoms with E-state index in [1.165, 1.54) is 19.3 Å². The molecule has 0 atom stereocenters. The Balaban J connectivity index is 1.97. The Morgan fingerprint density at radius 2 is 2.13 bits per heavy atom. The number of hydrogen-bond acceptors (Lipinski definition) is 4. The summed E-state index contributed by atoms with van der Waals surface area (Å²) in [6, 6.07) is 0.690. The van der Waals surface area contributed by atoms with Crippen molar-refractivity contribution in [3.05, 3.63) is 0 Å². The Labute approximate surface area is 92.1 Å². The first-order valence-electron chi connectivity index (χ1n) is 6.17. The van der Waals surface area contributed by atoms with Gasteiger partial charge in [-0.1, -0.05) is 6.92 Å². The van der Waals surface area contributed by atoms with Gasteiger partial charge in [0.25, 0.3) is 0 Å². The third-order valence-corrected chi connectivity index (χ3v) is 3.14. The topological polar surface area (TPSA) is 39.7 Å². The summed E-state index contributed by atoms with van der Waals surface area (Å²) in [4.78, 5) is 7.02. The molecule has 15 heavy (non-hydrogen) atoms. The van der Waals surface area contributed by atoms with Gasteiger partial charge in [0.15, 0.2) is 5.96 Å². The first-order chi connectivity index (χ1) is 7.42. The highest BCUT2D eigenvalue weighted by molar-refractivity contribution is 5.81. The molecule has 4 heteroatoms. The number of rotatable bonds is 3. The van der Waals surface area contributed by atoms with Gasteiger partial charge in [-0.3, -0.25) is 4.99 Å². The highest BCUT2D eigenvalue weighted by Gasteiger charge is 2.24. The van der Waals surface area contributed by atoms with E-state index in [1.54, 1.807) is 0 Å². The molecule has 2 heterocycles. The summed E-state index contributed by atoms with van der Waals surface area (Å²) in [6.07, 6.45) is 3.70. The molecule has 4 nitrogen and oxygen atoms in total. The Bertz CT molecular complexity index is 221. The molecule has 0 radical (unpaired) electrons. The van der Waals surface area contributed by atoms with Gasteiger partial charge in [-0.05, 0) is 32.4 Å². The second-order valence-corrected chi connectivity index (χ2v) is 4.31. The maximum absolute atomic E-state index is 4.54. The smallest absolute Gasteiger partial charge is 0.194 e. The fourth-order valence-electron chi connectivity index (χ4n) is 2.40. The fraction of sp³-hybridized carbons (Fsp3) is 0.909. The molecule has 1 fully saturated rings. The lowest BCUT2D eigenvalue weighted by molar-refractivity contribution is 0.248. The van der Waals surface area contributed by atoms with E-state index in [2.05, 4.69) is 27.4 Å². The van der Waals surface area contributed by atoms with Crippen LogP contribution < -0.4 is 10.6 Å². The highest BCUT2D eigenvalue weighted by Crippen LogP contribution is 2.13. The van der Waals surface area contributed by atoms with Gasteiger partial charge in [-0.15, -0.1) is 0 Å². The van der Waals surface area contributed by atoms with Crippen LogP contribution in [0.5, 0.6) is 0 Å². The van der Waals surface area contributed by atoms with Crippen molar-refractivity contribution in [3.8, 4) is 0 Å². The number of hydrogen-bond donors (Lipinski definition) is 2. The van der Waals surface area contributed by atoms with E-state index in [9.17, 15) is 0 Å². The first-order valence-corrected chi connectivity index (χ1v) is 6.17. The molecule has 2 aliphatic rings. The van der Waals surface area contributed by atoms with Crippen LogP contribution in [0.1, 0.15) is 26.2 Å². The molecular formula is C11H22N4. The van der Waals surface area contributed by atoms with Crippen LogP contribution in [0.4, 0.5) is 0 Å². The van der Waals surface area contributed by atoms with E-state index in [1.807, 2.05) is 0 Å². The second kappa shape index (κ2) is 5.35. The van der Waals surface area contributed by atoms with Crippen molar-refractivity contribution in [3.63, 3.8) is 0 Å². The predicted octanol–water partition coefficient (Wildman–Crippen LogP) is 0.410. The fourth-order valence-corrected chi connectivity index (χ4v) is 2.40. The number of guanidine groups is 1. The molecule has 0 aliphatic carbocycles. The summed E-state index contributed by atoms with van der Waals surface area (Å²) < 4.78 is 0. The van der Waals surface area contributed by atoms with Crippen LogP contribution in [0.3, 0.4) is 0 Å². The van der Waals surface area contributed by atoms with Crippen LogP contribution in [0.2, 0.25) is 0 Å². The normalized spacial score (nSPS) is 22.3. The predicted molar refractivity (Wildman–Crippen MR) is 63.2 cm³/mol. The van der Waals surface area contributed by atoms with E-state index in [0.29, 0.717) is 6.04 Å². The molecule has 0 amide bonds. The van der Waals surface area contributed by atoms with E-state index in [4.69, 9.17) is 0 Å². The summed E-state index contributed by atoms with van der Waals surface area (Å²) in [5, 5.41) is 6.81. The zero-order valence-corrected chi connectivity index (χ0v) is 9.63. The van der Waals surface area contributed by atoms with E-state index in [0.717, 1.165) is 38.7 Å². The van der Waals surface area contributed by atoms with Crippen LogP contribution in [-0.2, 0) is 0 Å². The largest absolute Gasteiger partial charge is 0.354 e. The van der Waals surface area contributed by atoms with E-state index < -0.39 is 0 Å². The Hall–Kier alpha value is -0.770. The number of piperidine rings is 1. The van der Waals surface area contributed by atoms with Gasteiger partial charge in [-0.2, -0.15) is 0 Å². The SMILES string of the molecule is CCCN(C1=NCCN1)C1CCNCC1. The quantitative estimate of drug-likeness (QED) is 0.709. The van der Waals surface area contributed by atoms with Gasteiger partial charge in [0.05, 0.1) is 6.54 Å². The Kier molecular flexibility index (Phi) is 3.83. The molecule has 0 aromatic rings. The van der Waals surface area contributed by atoms with Crippen LogP contribution in [-0.4, -0.2) is 49.6 Å². The van der Waals surface area contributed by atoms with E-state index >= 15 is 0 Å². The standard InChI is InChI=1S/C11H22N4/c1-2-9-15(11-13-7-8-14-11)10-3-5-12-6-4-10/h10,12H,2-9H2,1H3,(H,13,14). The lowest BCUT2D eigenvalue weighted by Gasteiger charge is -2.35. The van der Waals surface area contributed by atoms with Crippen molar-refractivity contribution in [1.82, 2.24) is 15.5 Å². The molecular weight excluding hydrogens is 188 g/mol. The number of aliphatic imine (C=N–C) groups is 1. The van der Waals surface area contributed by atoms with Gasteiger partial charge in [0.2, 0.25) is 0 Å². The van der Waals surface area contributed by atoms with Crippen molar-refractivity contribution in [2.24, 2.45) is 4.99 Å². The molecule has 0 bridgehead atoms. The second-order valence-electron chi connectivity index (χ2n) is 4.31. The summed E-state index contributed by atoms with van der Waals surface area (Å²) in [7, 11) is 0. The van der Waals surface area contributed by atoms with E-state index in [-0.39, 0.29) is 0 Å². The van der Waals surface area contributed by atoms with Crippen molar-refractivity contribution < 1.29 is 0 Å². The van der Waals surface area contributed by atoms with Crippen molar-refractivity contribution in [2.75, 3.05) is 32.7 Å². The maximum atomic E-state index is 4.54. The third-order valence-electron chi connectivity index (χ3n) is 3.14. The van der Waals surface area contributed by atoms with Gasteiger partial charge < -0.3 is 15.5 Å². The van der Waals surface area contributed by atoms with Crippen LogP contribution in [0, 0.1) is 0 Å². The minimum atomic E-state index is 0.690. The summed E-state index contributed by atoms with van der Waals surface area (Å²) in [6.45, 7) is 7.64. The van der Waals surface area contributed by atoms with Gasteiger partial charge in [0.1, 0.15) is 0 Å². The van der Waals surface area contributed by atoms with Crippen molar-refractivity contribution in [1.29, 1.82) is 0 Å². The first kappa shape index (κ1) is 10.7. The number of nitrogens with zero attached hydrogens (tertiary/aromatic N) is 2. The Morgan fingerprint density at radius 1 is 1.33 bits per heavy atom. The molecule has 0 unspecified atom stereocenters. The number of nitrogens with one attached hydrogen (secondary N) is 2. The van der Waals surface area contributed by atoms with Crippen LogP contribution in [0.25, 0.3) is 0 Å². The monoisotopic (exact) mass is 210 g/mol. The zero-order valence-electron chi connectivity index (χ0n) is 9.63. The zero-order chi connectivity index (χ0) is 10.5. The molecule has 2 N–H and O–H groups in total. The summed E-state index contributed by atoms with van der Waals surface area (Å²) in [5.41, 5.74) is 0. The summed E-state index contributed by atoms with van der Waals surface area (Å²) >= 11 is 0. The molecule has 0 aromatic heterocycles. The molecule has 0 aromatic carbocycles. The molecule has 86 valence electrons. The average Bonchev–Trinajstić information content (AvgIpc) is 2.80. The van der Waals surface area contributed by atoms with Gasteiger partial charge in [-0.25, -0.2) is 0 Å². The maximum Gasteiger partial charge on any atom is 0.194 e. The van der Waals surface area contributed by atoms with Crippen LogP contribution >= 0.6 is 0 Å². The Morgan fingerprint density at radius 3 is 2.73 bits per heavy atom. The average molecular weight is 210 g/mol. The lowest BCUT2D eigenvalue weighted by atomic mass is 10.0. The van der Waals surface area contributed by atoms with Crippen molar-refractivity contribution >= 4 is 5.96 Å². The van der Waals surface area contributed by atoms with Crippen molar-refractivity contribution in [2.45, 2.75) is 32.2 Å². The highest BCUT2D eigenvalue weighted by atomic mass is 15.3. The molecule has 0 spiro atoms. The lowest BCUT2D eigenvalue weighted by Crippen LogP contribution is -2.49. The van der Waals surface area contributed by atoms with Crippen LogP contribution in [0.15, 0.2) is 4.99 Å². The minimum Gasteiger partial charge on any atom is -0.354 e. The molecule has 2 aliphatic heterocycles. The third kappa shape index (κ3) is 2.62. The minimum absolute atomic E-state index is 0.690. The van der Waals surface area contributed by atoms with Gasteiger partial charge >= 0.3 is 0 Å². The summed E-state index contributed by atoms with van der Waals surface area (Å²) in [5.74, 6) is 1.14.